The van der Waals surface area contributed by atoms with Crippen molar-refractivity contribution < 1.29 is 19.2 Å². The first-order valence-electron chi connectivity index (χ1n) is 8.55. The molecule has 1 aliphatic rings. The fraction of sp³-hybridized carbons (Fsp3) is 0.200. The minimum Gasteiger partial charge on any atom is -0.481 e. The molecule has 8 heteroatoms. The van der Waals surface area contributed by atoms with Gasteiger partial charge in [0.15, 0.2) is 5.75 Å². The lowest BCUT2D eigenvalue weighted by Crippen LogP contribution is -2.35. The summed E-state index contributed by atoms with van der Waals surface area (Å²) in [6.45, 7) is 5.35. The molecule has 3 rings (SSSR count). The molecule has 1 aliphatic heterocycles. The molecular formula is C20H19N3O5. The van der Waals surface area contributed by atoms with Crippen molar-refractivity contribution in [2.24, 2.45) is 0 Å². The predicted octanol–water partition coefficient (Wildman–Crippen LogP) is 3.23. The van der Waals surface area contributed by atoms with Gasteiger partial charge in [-0.2, -0.15) is 0 Å². The van der Waals surface area contributed by atoms with Gasteiger partial charge in [0.05, 0.1) is 10.6 Å². The van der Waals surface area contributed by atoms with Crippen molar-refractivity contribution in [3.8, 4) is 5.75 Å². The third-order valence-electron chi connectivity index (χ3n) is 3.81. The molecule has 2 aromatic carbocycles. The number of rotatable bonds is 4. The summed E-state index contributed by atoms with van der Waals surface area (Å²) in [5, 5.41) is 12.6. The Bertz CT molecular complexity index is 977. The number of benzene rings is 2. The average Bonchev–Trinajstić information content (AvgIpc) is 2.90. The van der Waals surface area contributed by atoms with Gasteiger partial charge in [-0.3, -0.25) is 25.1 Å². The van der Waals surface area contributed by atoms with Crippen molar-refractivity contribution in [1.82, 2.24) is 5.43 Å². The third kappa shape index (κ3) is 4.01. The van der Waals surface area contributed by atoms with Gasteiger partial charge >= 0.3 is 5.69 Å². The van der Waals surface area contributed by atoms with E-state index in [4.69, 9.17) is 4.74 Å². The summed E-state index contributed by atoms with van der Waals surface area (Å²) >= 11 is 0. The monoisotopic (exact) mass is 381 g/mol. The van der Waals surface area contributed by atoms with Crippen LogP contribution < -0.4 is 15.2 Å². The molecule has 0 spiro atoms. The second-order valence-corrected chi connectivity index (χ2v) is 7.17. The van der Waals surface area contributed by atoms with Gasteiger partial charge in [-0.15, -0.1) is 0 Å². The molecule has 0 saturated carbocycles. The van der Waals surface area contributed by atoms with Crippen LogP contribution in [0.2, 0.25) is 0 Å². The highest BCUT2D eigenvalue weighted by Crippen LogP contribution is 2.32. The lowest BCUT2D eigenvalue weighted by Gasteiger charge is -2.21. The Morgan fingerprint density at radius 1 is 1.11 bits per heavy atom. The van der Waals surface area contributed by atoms with Crippen LogP contribution in [0.5, 0.6) is 5.75 Å². The van der Waals surface area contributed by atoms with Crippen LogP contribution in [-0.2, 0) is 9.59 Å². The molecule has 2 amide bonds. The van der Waals surface area contributed by atoms with E-state index in [1.807, 2.05) is 0 Å². The highest BCUT2D eigenvalue weighted by molar-refractivity contribution is 6.31. The first kappa shape index (κ1) is 19.1. The number of hydrazine groups is 1. The summed E-state index contributed by atoms with van der Waals surface area (Å²) in [6.07, 6.45) is 1.33. The number of carbonyl (C=O) groups excluding carboxylic acids is 2. The number of ether oxygens (including phenoxy) is 1. The van der Waals surface area contributed by atoms with E-state index in [-0.39, 0.29) is 17.0 Å². The number of nitrogens with zero attached hydrogens (tertiary/aromatic N) is 2. The van der Waals surface area contributed by atoms with Crippen molar-refractivity contribution in [3.63, 3.8) is 0 Å². The van der Waals surface area contributed by atoms with Gasteiger partial charge in [-0.25, -0.2) is 5.01 Å². The highest BCUT2D eigenvalue weighted by atomic mass is 16.6. The molecule has 0 atom stereocenters. The molecule has 1 heterocycles. The largest absolute Gasteiger partial charge is 0.481 e. The number of nitro benzene ring substituents is 1. The van der Waals surface area contributed by atoms with Crippen LogP contribution in [0, 0.1) is 10.1 Å². The minimum absolute atomic E-state index is 0.109. The maximum Gasteiger partial charge on any atom is 0.311 e. The molecule has 0 radical (unpaired) electrons. The van der Waals surface area contributed by atoms with Crippen LogP contribution in [-0.4, -0.2) is 22.3 Å². The molecular weight excluding hydrogens is 362 g/mol. The predicted molar refractivity (Wildman–Crippen MR) is 104 cm³/mol. The SMILES string of the molecule is CC(C)(C)Oc1ccc(C=C2C(=O)NN(c3ccccc3)C2=O)cc1[N+](=O)[O-]. The number of hydrogen-bond acceptors (Lipinski definition) is 5. The zero-order valence-electron chi connectivity index (χ0n) is 15.6. The molecule has 1 fully saturated rings. The summed E-state index contributed by atoms with van der Waals surface area (Å²) < 4.78 is 5.62. The topological polar surface area (TPSA) is 102 Å². The first-order valence-corrected chi connectivity index (χ1v) is 8.55. The van der Waals surface area contributed by atoms with E-state index in [1.165, 1.54) is 18.2 Å². The quantitative estimate of drug-likeness (QED) is 0.379. The molecule has 0 aromatic heterocycles. The second-order valence-electron chi connectivity index (χ2n) is 7.17. The molecule has 2 aromatic rings. The number of para-hydroxylation sites is 1. The van der Waals surface area contributed by atoms with Crippen LogP contribution in [0.1, 0.15) is 26.3 Å². The average molecular weight is 381 g/mol. The molecule has 144 valence electrons. The summed E-state index contributed by atoms with van der Waals surface area (Å²) in [4.78, 5) is 35.7. The van der Waals surface area contributed by atoms with Crippen LogP contribution >= 0.6 is 0 Å². The molecule has 0 bridgehead atoms. The number of anilines is 1. The van der Waals surface area contributed by atoms with Gasteiger partial charge in [0.1, 0.15) is 11.2 Å². The molecule has 1 saturated heterocycles. The Balaban J connectivity index is 1.95. The van der Waals surface area contributed by atoms with Crippen molar-refractivity contribution in [3.05, 3.63) is 69.8 Å². The highest BCUT2D eigenvalue weighted by Gasteiger charge is 2.34. The first-order chi connectivity index (χ1) is 13.2. The summed E-state index contributed by atoms with van der Waals surface area (Å²) in [5.41, 5.74) is 2.40. The van der Waals surface area contributed by atoms with E-state index >= 15 is 0 Å². The molecule has 0 aliphatic carbocycles. The normalized spacial score (nSPS) is 15.7. The fourth-order valence-corrected chi connectivity index (χ4v) is 2.67. The van der Waals surface area contributed by atoms with E-state index in [0.29, 0.717) is 11.3 Å². The number of amides is 2. The minimum atomic E-state index is -0.609. The Kier molecular flexibility index (Phi) is 4.87. The summed E-state index contributed by atoms with van der Waals surface area (Å²) in [7, 11) is 0. The number of carbonyl (C=O) groups is 2. The standard InChI is InChI=1S/C20H19N3O5/c1-20(2,3)28-17-10-9-13(12-16(17)23(26)27)11-15-18(24)21-22(19(15)25)14-7-5-4-6-8-14/h4-12H,1-3H3,(H,21,24). The maximum atomic E-state index is 12.6. The fourth-order valence-electron chi connectivity index (χ4n) is 2.67. The second kappa shape index (κ2) is 7.15. The molecule has 8 nitrogen and oxygen atoms in total. The van der Waals surface area contributed by atoms with Crippen molar-refractivity contribution in [2.75, 3.05) is 5.01 Å². The Labute approximate surface area is 161 Å². The Hall–Kier alpha value is -3.68. The lowest BCUT2D eigenvalue weighted by molar-refractivity contribution is -0.386. The Morgan fingerprint density at radius 3 is 2.39 bits per heavy atom. The molecule has 28 heavy (non-hydrogen) atoms. The van der Waals surface area contributed by atoms with Gasteiger partial charge in [0.2, 0.25) is 0 Å². The van der Waals surface area contributed by atoms with Crippen molar-refractivity contribution >= 4 is 29.3 Å². The summed E-state index contributed by atoms with van der Waals surface area (Å²) in [5.74, 6) is -0.992. The van der Waals surface area contributed by atoms with Crippen LogP contribution in [0.15, 0.2) is 54.1 Å². The van der Waals surface area contributed by atoms with Gasteiger partial charge in [-0.05, 0) is 50.6 Å². The zero-order valence-corrected chi connectivity index (χ0v) is 15.6. The zero-order chi connectivity index (χ0) is 20.5. The maximum absolute atomic E-state index is 12.6. The van der Waals surface area contributed by atoms with Crippen molar-refractivity contribution in [2.45, 2.75) is 26.4 Å². The van der Waals surface area contributed by atoms with E-state index in [2.05, 4.69) is 5.43 Å². The van der Waals surface area contributed by atoms with E-state index in [1.54, 1.807) is 57.2 Å². The van der Waals surface area contributed by atoms with Gasteiger partial charge in [-0.1, -0.05) is 24.3 Å². The number of hydrogen-bond donors (Lipinski definition) is 1. The van der Waals surface area contributed by atoms with E-state index < -0.39 is 22.3 Å². The molecule has 0 unspecified atom stereocenters. The number of nitrogens with one attached hydrogen (secondary N) is 1. The Morgan fingerprint density at radius 2 is 1.79 bits per heavy atom. The van der Waals surface area contributed by atoms with Crippen LogP contribution in [0.3, 0.4) is 0 Å². The lowest BCUT2D eigenvalue weighted by atomic mass is 10.1. The van der Waals surface area contributed by atoms with Gasteiger partial charge in [0.25, 0.3) is 11.8 Å². The third-order valence-corrected chi connectivity index (χ3v) is 3.81. The van der Waals surface area contributed by atoms with Gasteiger partial charge < -0.3 is 4.74 Å². The van der Waals surface area contributed by atoms with E-state index in [0.717, 1.165) is 5.01 Å². The molecule has 1 N–H and O–H groups in total. The van der Waals surface area contributed by atoms with Crippen molar-refractivity contribution in [1.29, 1.82) is 0 Å². The number of nitro groups is 1. The van der Waals surface area contributed by atoms with Crippen LogP contribution in [0.4, 0.5) is 11.4 Å². The smallest absolute Gasteiger partial charge is 0.311 e. The van der Waals surface area contributed by atoms with Crippen LogP contribution in [0.25, 0.3) is 6.08 Å². The summed E-state index contributed by atoms with van der Waals surface area (Å²) in [6, 6.07) is 13.0. The van der Waals surface area contributed by atoms with E-state index in [9.17, 15) is 19.7 Å². The van der Waals surface area contributed by atoms with Gasteiger partial charge in [0, 0.05) is 6.07 Å².